The fraction of sp³-hybridized carbons (Fsp3) is 0.321. The summed E-state index contributed by atoms with van der Waals surface area (Å²) in [5.74, 6) is -1.76. The Labute approximate surface area is 199 Å². The van der Waals surface area contributed by atoms with E-state index in [9.17, 15) is 13.6 Å². The van der Waals surface area contributed by atoms with Crippen LogP contribution in [0, 0.1) is 11.6 Å². The molecule has 34 heavy (non-hydrogen) atoms. The second kappa shape index (κ2) is 9.55. The number of para-hydroxylation sites is 1. The second-order valence-electron chi connectivity index (χ2n) is 9.23. The van der Waals surface area contributed by atoms with Gasteiger partial charge in [-0.2, -0.15) is 0 Å². The first-order valence-corrected chi connectivity index (χ1v) is 11.9. The van der Waals surface area contributed by atoms with Gasteiger partial charge in [-0.1, -0.05) is 48.5 Å². The van der Waals surface area contributed by atoms with Gasteiger partial charge in [0, 0.05) is 55.8 Å². The number of fused-ring (bicyclic) bond motifs is 1. The van der Waals surface area contributed by atoms with Gasteiger partial charge in [0.05, 0.1) is 0 Å². The number of hydrogen-bond donors (Lipinski definition) is 1. The van der Waals surface area contributed by atoms with Crippen LogP contribution in [0.3, 0.4) is 0 Å². The van der Waals surface area contributed by atoms with Crippen LogP contribution in [-0.4, -0.2) is 43.0 Å². The summed E-state index contributed by atoms with van der Waals surface area (Å²) in [6, 6.07) is 20.8. The Hall–Kier alpha value is -3.25. The van der Waals surface area contributed by atoms with E-state index >= 15 is 0 Å². The Morgan fingerprint density at radius 2 is 1.62 bits per heavy atom. The van der Waals surface area contributed by atoms with Crippen molar-refractivity contribution in [2.24, 2.45) is 5.73 Å². The normalized spacial score (nSPS) is 18.6. The summed E-state index contributed by atoms with van der Waals surface area (Å²) >= 11 is 0. The fourth-order valence-corrected chi connectivity index (χ4v) is 5.36. The van der Waals surface area contributed by atoms with Gasteiger partial charge in [-0.15, -0.1) is 0 Å². The molecule has 2 N–H and O–H groups in total. The van der Waals surface area contributed by atoms with Gasteiger partial charge in [0.25, 0.3) is 0 Å². The van der Waals surface area contributed by atoms with Crippen LogP contribution in [0.5, 0.6) is 0 Å². The Bertz CT molecular complexity index is 1180. The number of carbonyl (C=O) groups is 1. The number of halogens is 2. The van der Waals surface area contributed by atoms with Crippen molar-refractivity contribution in [3.8, 4) is 11.1 Å². The minimum Gasteiger partial charge on any atom is -0.367 e. The molecule has 0 saturated carbocycles. The average Bonchev–Trinajstić information content (AvgIpc) is 3.27. The van der Waals surface area contributed by atoms with Crippen molar-refractivity contribution in [1.29, 1.82) is 0 Å². The van der Waals surface area contributed by atoms with Crippen LogP contribution in [0.1, 0.15) is 29.9 Å². The lowest BCUT2D eigenvalue weighted by molar-refractivity contribution is -0.132. The molecule has 2 atom stereocenters. The molecule has 1 aliphatic carbocycles. The molecule has 6 heteroatoms. The van der Waals surface area contributed by atoms with Crippen molar-refractivity contribution in [2.45, 2.75) is 31.2 Å². The number of piperazine rings is 1. The minimum atomic E-state index is -0.851. The van der Waals surface area contributed by atoms with Crippen LogP contribution >= 0.6 is 0 Å². The second-order valence-corrected chi connectivity index (χ2v) is 9.23. The molecule has 1 fully saturated rings. The zero-order valence-corrected chi connectivity index (χ0v) is 19.1. The van der Waals surface area contributed by atoms with Crippen molar-refractivity contribution in [2.75, 3.05) is 31.1 Å². The molecule has 0 bridgehead atoms. The van der Waals surface area contributed by atoms with E-state index in [2.05, 4.69) is 35.2 Å². The van der Waals surface area contributed by atoms with E-state index < -0.39 is 17.7 Å². The van der Waals surface area contributed by atoms with Crippen molar-refractivity contribution in [3.63, 3.8) is 0 Å². The van der Waals surface area contributed by atoms with E-state index in [1.807, 2.05) is 29.2 Å². The lowest BCUT2D eigenvalue weighted by Crippen LogP contribution is -2.50. The zero-order valence-electron chi connectivity index (χ0n) is 19.1. The molecule has 3 aromatic carbocycles. The smallest absolute Gasteiger partial charge is 0.224 e. The highest BCUT2D eigenvalue weighted by atomic mass is 19.2. The first-order valence-electron chi connectivity index (χ1n) is 11.9. The summed E-state index contributed by atoms with van der Waals surface area (Å²) in [6.45, 7) is 2.77. The molecule has 5 rings (SSSR count). The summed E-state index contributed by atoms with van der Waals surface area (Å²) in [5, 5.41) is 0. The largest absolute Gasteiger partial charge is 0.367 e. The van der Waals surface area contributed by atoms with Crippen LogP contribution < -0.4 is 10.6 Å². The maximum absolute atomic E-state index is 13.8. The van der Waals surface area contributed by atoms with Crippen molar-refractivity contribution >= 4 is 11.6 Å². The predicted octanol–water partition coefficient (Wildman–Crippen LogP) is 4.73. The van der Waals surface area contributed by atoms with E-state index in [1.54, 1.807) is 0 Å². The SMILES string of the molecule is NC(CC(=O)N1CCN(c2ccccc2-c2ccccc2)CC1)C1CCc2cc(F)c(F)cc21. The first kappa shape index (κ1) is 22.5. The molecule has 2 aliphatic rings. The van der Waals surface area contributed by atoms with Gasteiger partial charge in [-0.3, -0.25) is 4.79 Å². The number of rotatable bonds is 5. The van der Waals surface area contributed by atoms with Crippen molar-refractivity contribution in [3.05, 3.63) is 89.5 Å². The number of hydrogen-bond acceptors (Lipinski definition) is 3. The predicted molar refractivity (Wildman–Crippen MR) is 131 cm³/mol. The van der Waals surface area contributed by atoms with E-state index in [0.29, 0.717) is 19.5 Å². The summed E-state index contributed by atoms with van der Waals surface area (Å²) in [5.41, 5.74) is 11.5. The van der Waals surface area contributed by atoms with Crippen LogP contribution in [0.25, 0.3) is 11.1 Å². The van der Waals surface area contributed by atoms with Crippen LogP contribution in [0.2, 0.25) is 0 Å². The van der Waals surface area contributed by atoms with Gasteiger partial charge in [0.15, 0.2) is 11.6 Å². The first-order chi connectivity index (χ1) is 16.5. The molecular weight excluding hydrogens is 432 g/mol. The fourth-order valence-electron chi connectivity index (χ4n) is 5.36. The van der Waals surface area contributed by atoms with Crippen molar-refractivity contribution in [1.82, 2.24) is 4.90 Å². The Balaban J connectivity index is 1.21. The molecule has 3 aromatic rings. The van der Waals surface area contributed by atoms with Crippen LogP contribution in [-0.2, 0) is 11.2 Å². The molecule has 1 saturated heterocycles. The van der Waals surface area contributed by atoms with Gasteiger partial charge in [-0.25, -0.2) is 8.78 Å². The molecule has 1 amide bonds. The highest BCUT2D eigenvalue weighted by Gasteiger charge is 2.32. The van der Waals surface area contributed by atoms with E-state index in [1.165, 1.54) is 28.9 Å². The molecular formula is C28H29F2N3O. The molecule has 0 radical (unpaired) electrons. The highest BCUT2D eigenvalue weighted by Crippen LogP contribution is 2.37. The number of amides is 1. The molecule has 0 spiro atoms. The topological polar surface area (TPSA) is 49.6 Å². The maximum Gasteiger partial charge on any atom is 0.224 e. The number of carbonyl (C=O) groups excluding carboxylic acids is 1. The number of benzene rings is 3. The highest BCUT2D eigenvalue weighted by molar-refractivity contribution is 5.80. The van der Waals surface area contributed by atoms with Crippen molar-refractivity contribution < 1.29 is 13.6 Å². The monoisotopic (exact) mass is 461 g/mol. The van der Waals surface area contributed by atoms with Crippen LogP contribution in [0.15, 0.2) is 66.7 Å². The summed E-state index contributed by atoms with van der Waals surface area (Å²) in [6.07, 6.45) is 1.60. The van der Waals surface area contributed by atoms with E-state index in [0.717, 1.165) is 30.6 Å². The van der Waals surface area contributed by atoms with Gasteiger partial charge < -0.3 is 15.5 Å². The van der Waals surface area contributed by atoms with E-state index in [-0.39, 0.29) is 18.2 Å². The third-order valence-corrected chi connectivity index (χ3v) is 7.20. The molecule has 1 heterocycles. The summed E-state index contributed by atoms with van der Waals surface area (Å²) in [4.78, 5) is 17.2. The van der Waals surface area contributed by atoms with Gasteiger partial charge in [0.1, 0.15) is 0 Å². The maximum atomic E-state index is 13.8. The number of aryl methyl sites for hydroxylation is 1. The minimum absolute atomic E-state index is 0.0273. The average molecular weight is 462 g/mol. The van der Waals surface area contributed by atoms with Gasteiger partial charge in [-0.05, 0) is 47.7 Å². The molecule has 0 aromatic heterocycles. The Morgan fingerprint density at radius 3 is 2.38 bits per heavy atom. The third-order valence-electron chi connectivity index (χ3n) is 7.20. The molecule has 1 aliphatic heterocycles. The quantitative estimate of drug-likeness (QED) is 0.598. The lowest BCUT2D eigenvalue weighted by Gasteiger charge is -2.37. The number of nitrogens with two attached hydrogens (primary N) is 1. The van der Waals surface area contributed by atoms with E-state index in [4.69, 9.17) is 5.73 Å². The standard InChI is InChI=1S/C28H29F2N3O/c29-24-16-20-10-11-22(23(20)17-25(24)30)26(31)18-28(34)33-14-12-32(13-15-33)27-9-5-4-8-21(27)19-6-2-1-3-7-19/h1-9,16-17,22,26H,10-15,18,31H2. The van der Waals surface area contributed by atoms with Gasteiger partial charge in [0.2, 0.25) is 5.91 Å². The molecule has 2 unspecified atom stereocenters. The third kappa shape index (κ3) is 4.42. The Morgan fingerprint density at radius 1 is 0.941 bits per heavy atom. The molecule has 176 valence electrons. The van der Waals surface area contributed by atoms with Gasteiger partial charge >= 0.3 is 0 Å². The van der Waals surface area contributed by atoms with Crippen LogP contribution in [0.4, 0.5) is 14.5 Å². The Kier molecular flexibility index (Phi) is 6.33. The number of nitrogens with zero attached hydrogens (tertiary/aromatic N) is 2. The summed E-state index contributed by atoms with van der Waals surface area (Å²) in [7, 11) is 0. The zero-order chi connectivity index (χ0) is 23.7. The molecule has 4 nitrogen and oxygen atoms in total. The summed E-state index contributed by atoms with van der Waals surface area (Å²) < 4.78 is 27.3. The number of anilines is 1. The lowest BCUT2D eigenvalue weighted by atomic mass is 9.91.